The summed E-state index contributed by atoms with van der Waals surface area (Å²) in [6.07, 6.45) is 6.69. The summed E-state index contributed by atoms with van der Waals surface area (Å²) in [7, 11) is 0. The second-order valence-electron chi connectivity index (χ2n) is 8.01. The van der Waals surface area contributed by atoms with Crippen LogP contribution in [0.5, 0.6) is 11.5 Å². The predicted molar refractivity (Wildman–Crippen MR) is 104 cm³/mol. The smallest absolute Gasteiger partial charge is 0.308 e. The highest BCUT2D eigenvalue weighted by Crippen LogP contribution is 2.64. The number of hydrogen-bond donors (Lipinski definition) is 0. The molecule has 1 aromatic carbocycles. The number of likely N-dealkylation sites (tertiary alicyclic amines) is 1. The van der Waals surface area contributed by atoms with Crippen LogP contribution in [0.2, 0.25) is 0 Å². The standard InChI is InChI=1S/C21H19BrN2O5/c1-10(25)27-16-4-3-13-15-7-12-14(22)8-17(28-11(2)26)19-18(12)21(13,20(16)29-19)5-6-24(15)9-23/h3-4,8,13,15-16,20H,5-7H2,1-2H3/t13-,15?,16-,20-,21?/m0/s1. The van der Waals surface area contributed by atoms with Gasteiger partial charge in [0.15, 0.2) is 23.8 Å². The number of carbonyl (C=O) groups excluding carboxylic acids is 2. The molecule has 0 saturated carbocycles. The number of ether oxygens (including phenoxy) is 3. The van der Waals surface area contributed by atoms with Crippen molar-refractivity contribution in [2.45, 2.75) is 50.4 Å². The minimum Gasteiger partial charge on any atom is -0.481 e. The molecule has 1 fully saturated rings. The molecule has 5 atom stereocenters. The number of hydrogen-bond acceptors (Lipinski definition) is 7. The second-order valence-corrected chi connectivity index (χ2v) is 8.87. The second kappa shape index (κ2) is 6.23. The maximum atomic E-state index is 11.7. The van der Waals surface area contributed by atoms with Crippen LogP contribution in [0.15, 0.2) is 22.7 Å². The molecule has 150 valence electrons. The van der Waals surface area contributed by atoms with Crippen molar-refractivity contribution < 1.29 is 23.8 Å². The molecule has 2 heterocycles. The highest BCUT2D eigenvalue weighted by atomic mass is 79.9. The van der Waals surface area contributed by atoms with Crippen LogP contribution in [0.4, 0.5) is 0 Å². The van der Waals surface area contributed by atoms with E-state index in [9.17, 15) is 14.9 Å². The van der Waals surface area contributed by atoms with Gasteiger partial charge in [-0.25, -0.2) is 0 Å². The number of carbonyl (C=O) groups is 2. The monoisotopic (exact) mass is 458 g/mol. The Bertz CT molecular complexity index is 1020. The fourth-order valence-corrected chi connectivity index (χ4v) is 6.28. The van der Waals surface area contributed by atoms with E-state index in [1.54, 1.807) is 6.07 Å². The molecule has 29 heavy (non-hydrogen) atoms. The summed E-state index contributed by atoms with van der Waals surface area (Å²) < 4.78 is 18.3. The van der Waals surface area contributed by atoms with Gasteiger partial charge < -0.3 is 19.1 Å². The van der Waals surface area contributed by atoms with Gasteiger partial charge in [-0.05, 0) is 30.5 Å². The lowest BCUT2D eigenvalue weighted by Gasteiger charge is -2.56. The Hall–Kier alpha value is -2.53. The zero-order valence-corrected chi connectivity index (χ0v) is 17.6. The molecule has 2 aliphatic carbocycles. The van der Waals surface area contributed by atoms with Gasteiger partial charge in [0.05, 0.1) is 11.5 Å². The van der Waals surface area contributed by atoms with Gasteiger partial charge in [0, 0.05) is 36.3 Å². The van der Waals surface area contributed by atoms with Crippen LogP contribution in [0.1, 0.15) is 31.4 Å². The Balaban J connectivity index is 1.75. The highest BCUT2D eigenvalue weighted by molar-refractivity contribution is 9.10. The molecule has 1 saturated heterocycles. The van der Waals surface area contributed by atoms with E-state index in [1.165, 1.54) is 13.8 Å². The van der Waals surface area contributed by atoms with Crippen LogP contribution >= 0.6 is 15.9 Å². The van der Waals surface area contributed by atoms with Crippen molar-refractivity contribution >= 4 is 27.9 Å². The lowest BCUT2D eigenvalue weighted by Crippen LogP contribution is -2.65. The lowest BCUT2D eigenvalue weighted by atomic mass is 9.53. The van der Waals surface area contributed by atoms with Gasteiger partial charge in [0.1, 0.15) is 6.10 Å². The van der Waals surface area contributed by atoms with Gasteiger partial charge in [0.2, 0.25) is 0 Å². The summed E-state index contributed by atoms with van der Waals surface area (Å²) in [5, 5.41) is 9.68. The predicted octanol–water partition coefficient (Wildman–Crippen LogP) is 2.60. The van der Waals surface area contributed by atoms with E-state index in [4.69, 9.17) is 14.2 Å². The Kier molecular flexibility index (Phi) is 3.97. The molecule has 8 heteroatoms. The van der Waals surface area contributed by atoms with E-state index in [0.717, 1.165) is 15.6 Å². The van der Waals surface area contributed by atoms with Crippen LogP contribution < -0.4 is 9.47 Å². The van der Waals surface area contributed by atoms with Gasteiger partial charge in [-0.2, -0.15) is 5.26 Å². The fraction of sp³-hybridized carbons (Fsp3) is 0.476. The van der Waals surface area contributed by atoms with Crippen molar-refractivity contribution in [1.29, 1.82) is 5.26 Å². The molecule has 2 bridgehead atoms. The van der Waals surface area contributed by atoms with Crippen LogP contribution in [-0.2, 0) is 26.2 Å². The zero-order valence-electron chi connectivity index (χ0n) is 16.0. The Labute approximate surface area is 176 Å². The number of nitriles is 1. The molecule has 0 N–H and O–H groups in total. The molecular formula is C21H19BrN2O5. The van der Waals surface area contributed by atoms with Crippen molar-refractivity contribution in [2.75, 3.05) is 6.54 Å². The number of benzene rings is 1. The van der Waals surface area contributed by atoms with Crippen molar-refractivity contribution in [3.8, 4) is 17.7 Å². The highest BCUT2D eigenvalue weighted by Gasteiger charge is 2.66. The third-order valence-corrected chi connectivity index (χ3v) is 7.30. The SMILES string of the molecule is CC(=O)Oc1cc(Br)c2c3c1O[C@H]1[C@@H](OC(C)=O)C=C[C@H]4C(C2)N(C#N)CCC341. The van der Waals surface area contributed by atoms with Crippen LogP contribution in [-0.4, -0.2) is 41.6 Å². The van der Waals surface area contributed by atoms with Crippen LogP contribution in [0, 0.1) is 17.4 Å². The summed E-state index contributed by atoms with van der Waals surface area (Å²) in [6, 6.07) is 1.76. The molecule has 0 aromatic heterocycles. The largest absolute Gasteiger partial charge is 0.481 e. The average Bonchev–Trinajstić information content (AvgIpc) is 2.99. The molecule has 2 aliphatic heterocycles. The molecule has 0 amide bonds. The van der Waals surface area contributed by atoms with E-state index < -0.39 is 23.6 Å². The molecule has 2 unspecified atom stereocenters. The quantitative estimate of drug-likeness (QED) is 0.291. The van der Waals surface area contributed by atoms with E-state index in [0.29, 0.717) is 30.9 Å². The van der Waals surface area contributed by atoms with E-state index in [2.05, 4.69) is 28.2 Å². The van der Waals surface area contributed by atoms with Crippen molar-refractivity contribution in [3.63, 3.8) is 0 Å². The first-order chi connectivity index (χ1) is 13.9. The maximum absolute atomic E-state index is 11.7. The average molecular weight is 459 g/mol. The third kappa shape index (κ3) is 2.40. The van der Waals surface area contributed by atoms with Crippen LogP contribution in [0.3, 0.4) is 0 Å². The first-order valence-electron chi connectivity index (χ1n) is 9.59. The topological polar surface area (TPSA) is 88.9 Å². The Morgan fingerprint density at radius 2 is 2.14 bits per heavy atom. The van der Waals surface area contributed by atoms with Gasteiger partial charge in [-0.1, -0.05) is 22.0 Å². The van der Waals surface area contributed by atoms with Gasteiger partial charge in [-0.15, -0.1) is 0 Å². The summed E-state index contributed by atoms with van der Waals surface area (Å²) in [6.45, 7) is 3.34. The minimum atomic E-state index is -0.541. The molecule has 5 rings (SSSR count). The molecule has 1 aromatic rings. The maximum Gasteiger partial charge on any atom is 0.308 e. The van der Waals surface area contributed by atoms with E-state index >= 15 is 0 Å². The zero-order chi connectivity index (χ0) is 20.5. The Morgan fingerprint density at radius 3 is 2.83 bits per heavy atom. The number of piperidine rings is 1. The first kappa shape index (κ1) is 18.5. The van der Waals surface area contributed by atoms with Gasteiger partial charge in [-0.3, -0.25) is 9.59 Å². The molecule has 4 aliphatic rings. The van der Waals surface area contributed by atoms with Crippen LogP contribution in [0.25, 0.3) is 0 Å². The Morgan fingerprint density at radius 1 is 1.34 bits per heavy atom. The van der Waals surface area contributed by atoms with E-state index in [1.807, 2.05) is 11.0 Å². The molecule has 1 spiro atoms. The van der Waals surface area contributed by atoms with Gasteiger partial charge >= 0.3 is 11.9 Å². The number of esters is 2. The summed E-state index contributed by atoms with van der Waals surface area (Å²) >= 11 is 3.64. The molecule has 0 radical (unpaired) electrons. The van der Waals surface area contributed by atoms with Crippen molar-refractivity contribution in [1.82, 2.24) is 4.90 Å². The van der Waals surface area contributed by atoms with E-state index in [-0.39, 0.29) is 17.9 Å². The number of halogens is 1. The summed E-state index contributed by atoms with van der Waals surface area (Å²) in [5.74, 6) is 0.160. The summed E-state index contributed by atoms with van der Waals surface area (Å²) in [5.41, 5.74) is 1.65. The molecular weight excluding hydrogens is 440 g/mol. The number of nitrogens with zero attached hydrogens (tertiary/aromatic N) is 2. The minimum absolute atomic E-state index is 0.00343. The molecule has 7 nitrogen and oxygen atoms in total. The number of rotatable bonds is 2. The van der Waals surface area contributed by atoms with Gasteiger partial charge in [0.25, 0.3) is 0 Å². The van der Waals surface area contributed by atoms with Crippen molar-refractivity contribution in [2.24, 2.45) is 5.92 Å². The first-order valence-corrected chi connectivity index (χ1v) is 10.4. The van der Waals surface area contributed by atoms with Crippen molar-refractivity contribution in [3.05, 3.63) is 33.8 Å². The summed E-state index contributed by atoms with van der Waals surface area (Å²) in [4.78, 5) is 25.3. The fourth-order valence-electron chi connectivity index (χ4n) is 5.71. The normalized spacial score (nSPS) is 32.7. The third-order valence-electron chi connectivity index (χ3n) is 6.60. The lowest BCUT2D eigenvalue weighted by molar-refractivity contribution is -0.152.